The van der Waals surface area contributed by atoms with E-state index in [1.807, 2.05) is 0 Å². The van der Waals surface area contributed by atoms with Crippen molar-refractivity contribution in [3.05, 3.63) is 104 Å². The van der Waals surface area contributed by atoms with Crippen LogP contribution in [0.3, 0.4) is 0 Å². The molecule has 0 N–H and O–H groups in total. The number of nitro groups is 1. The molecule has 3 aromatic rings. The van der Waals surface area contributed by atoms with Crippen molar-refractivity contribution in [2.75, 3.05) is 4.90 Å². The van der Waals surface area contributed by atoms with Crippen molar-refractivity contribution in [2.45, 2.75) is 11.7 Å². The number of ether oxygens (including phenoxy) is 1. The minimum Gasteiger partial charge on any atom is -0.349 e. The number of ketones is 2. The number of hydrogen-bond donors (Lipinski definition) is 0. The Balaban J connectivity index is 1.54. The lowest BCUT2D eigenvalue weighted by molar-refractivity contribution is -0.384. The van der Waals surface area contributed by atoms with Gasteiger partial charge in [-0.3, -0.25) is 29.3 Å². The van der Waals surface area contributed by atoms with Gasteiger partial charge in [-0.2, -0.15) is 0 Å². The number of nitrogens with zero attached hydrogens (tertiary/aromatic N) is 2. The molecule has 0 saturated carbocycles. The number of Topliss-reactive ketones (excluding diaryl/α,β-unsaturated/α-hetero) is 2. The van der Waals surface area contributed by atoms with Gasteiger partial charge in [-0.1, -0.05) is 58.4 Å². The van der Waals surface area contributed by atoms with E-state index in [4.69, 9.17) is 4.74 Å². The Hall–Kier alpha value is -4.02. The van der Waals surface area contributed by atoms with Crippen LogP contribution in [-0.2, 0) is 14.3 Å². The first-order valence-corrected chi connectivity index (χ1v) is 11.8. The minimum absolute atomic E-state index is 0.00582. The third-order valence-corrected chi connectivity index (χ3v) is 7.55. The van der Waals surface area contributed by atoms with Crippen molar-refractivity contribution < 1.29 is 28.8 Å². The van der Waals surface area contributed by atoms with Crippen molar-refractivity contribution in [1.29, 1.82) is 0 Å². The van der Waals surface area contributed by atoms with Gasteiger partial charge in [0.15, 0.2) is 0 Å². The first kappa shape index (κ1) is 22.4. The molecule has 3 atom stereocenters. The number of hydrogen-bond acceptors (Lipinski definition) is 7. The van der Waals surface area contributed by atoms with Crippen molar-refractivity contribution in [1.82, 2.24) is 0 Å². The topological polar surface area (TPSA) is 124 Å². The molecular weight excluding hydrogens is 532 g/mol. The van der Waals surface area contributed by atoms with E-state index in [0.29, 0.717) is 5.56 Å². The highest BCUT2D eigenvalue weighted by Gasteiger charge is 2.74. The third-order valence-electron chi connectivity index (χ3n) is 7.02. The summed E-state index contributed by atoms with van der Waals surface area (Å²) < 4.78 is 6.97. The summed E-state index contributed by atoms with van der Waals surface area (Å²) in [6.45, 7) is 0. The zero-order valence-electron chi connectivity index (χ0n) is 18.3. The molecule has 6 rings (SSSR count). The number of carbonyl (C=O) groups is 4. The molecule has 1 aliphatic carbocycles. The average Bonchev–Trinajstić information content (AvgIpc) is 3.44. The van der Waals surface area contributed by atoms with E-state index < -0.39 is 51.8 Å². The smallest absolute Gasteiger partial charge is 0.271 e. The van der Waals surface area contributed by atoms with Gasteiger partial charge in [0.05, 0.1) is 28.6 Å². The zero-order valence-corrected chi connectivity index (χ0v) is 19.9. The van der Waals surface area contributed by atoms with E-state index >= 15 is 0 Å². The summed E-state index contributed by atoms with van der Waals surface area (Å²) in [7, 11) is 0. The van der Waals surface area contributed by atoms with Gasteiger partial charge in [0, 0.05) is 27.7 Å². The standard InChI is InChI=1S/C26H15BrN2O7/c27-14-10-8-13(9-11-14)21-19-20(26(36-21)22(30)17-6-1-2-7-18(17)23(26)31)25(33)28(24(19)32)15-4-3-5-16(12-15)29(34)35/h1-12,19-21H/t19-,20-,21+/m1/s1. The van der Waals surface area contributed by atoms with Gasteiger partial charge in [-0.05, 0) is 23.8 Å². The second kappa shape index (κ2) is 7.74. The number of halogens is 1. The number of anilines is 1. The maximum absolute atomic E-state index is 13.9. The number of amides is 2. The van der Waals surface area contributed by atoms with Crippen LogP contribution in [0.25, 0.3) is 0 Å². The van der Waals surface area contributed by atoms with Crippen LogP contribution in [0.1, 0.15) is 32.4 Å². The van der Waals surface area contributed by atoms with Crippen LogP contribution in [0.4, 0.5) is 11.4 Å². The fraction of sp³-hybridized carbons (Fsp3) is 0.154. The Kier molecular flexibility index (Phi) is 4.83. The Morgan fingerprint density at radius 2 is 1.50 bits per heavy atom. The van der Waals surface area contributed by atoms with E-state index in [9.17, 15) is 29.3 Å². The lowest BCUT2D eigenvalue weighted by atomic mass is 9.77. The quantitative estimate of drug-likeness (QED) is 0.210. The van der Waals surface area contributed by atoms with E-state index in [-0.39, 0.29) is 22.5 Å². The maximum Gasteiger partial charge on any atom is 0.271 e. The number of rotatable bonds is 3. The number of nitro benzene ring substituents is 1. The third kappa shape index (κ3) is 2.85. The van der Waals surface area contributed by atoms with Crippen LogP contribution >= 0.6 is 15.9 Å². The van der Waals surface area contributed by atoms with Crippen LogP contribution < -0.4 is 4.90 Å². The van der Waals surface area contributed by atoms with Crippen molar-refractivity contribution in [3.63, 3.8) is 0 Å². The number of imide groups is 1. The van der Waals surface area contributed by atoms with Crippen LogP contribution in [-0.4, -0.2) is 33.9 Å². The van der Waals surface area contributed by atoms with Crippen molar-refractivity contribution >= 4 is 50.7 Å². The van der Waals surface area contributed by atoms with Gasteiger partial charge in [0.25, 0.3) is 5.69 Å². The SMILES string of the molecule is O=C1[C@H]2[C@H](c3ccc(Br)cc3)OC3(C(=O)c4ccccc4C3=O)[C@H]2C(=O)N1c1cccc([N+](=O)[O-])c1. The first-order valence-electron chi connectivity index (χ1n) is 11.0. The predicted octanol–water partition coefficient (Wildman–Crippen LogP) is 4.05. The second-order valence-corrected chi connectivity index (χ2v) is 9.74. The molecule has 2 amide bonds. The van der Waals surface area contributed by atoms with Crippen LogP contribution in [0, 0.1) is 22.0 Å². The summed E-state index contributed by atoms with van der Waals surface area (Å²) >= 11 is 3.36. The molecule has 36 heavy (non-hydrogen) atoms. The fourth-order valence-corrected chi connectivity index (χ4v) is 5.74. The molecule has 0 bridgehead atoms. The molecule has 0 aromatic heterocycles. The van der Waals surface area contributed by atoms with E-state index in [1.165, 1.54) is 30.3 Å². The summed E-state index contributed by atoms with van der Waals surface area (Å²) in [5.74, 6) is -5.43. The van der Waals surface area contributed by atoms with E-state index in [1.54, 1.807) is 36.4 Å². The molecule has 2 saturated heterocycles. The molecule has 2 heterocycles. The van der Waals surface area contributed by atoms with E-state index in [0.717, 1.165) is 15.4 Å². The molecule has 0 unspecified atom stereocenters. The molecule has 1 spiro atoms. The zero-order chi connectivity index (χ0) is 25.4. The minimum atomic E-state index is -2.20. The first-order chi connectivity index (χ1) is 17.3. The summed E-state index contributed by atoms with van der Waals surface area (Å²) in [4.78, 5) is 66.6. The van der Waals surface area contributed by atoms with Gasteiger partial charge < -0.3 is 4.74 Å². The van der Waals surface area contributed by atoms with Gasteiger partial charge >= 0.3 is 0 Å². The lowest BCUT2D eigenvalue weighted by Crippen LogP contribution is -2.51. The average molecular weight is 547 g/mol. The summed E-state index contributed by atoms with van der Waals surface area (Å²) in [5.41, 5.74) is -1.73. The molecule has 3 aliphatic rings. The number of benzene rings is 3. The molecule has 10 heteroatoms. The maximum atomic E-state index is 13.9. The Morgan fingerprint density at radius 3 is 2.11 bits per heavy atom. The van der Waals surface area contributed by atoms with Gasteiger partial charge in [0.1, 0.15) is 0 Å². The predicted molar refractivity (Wildman–Crippen MR) is 128 cm³/mol. The normalized spacial score (nSPS) is 23.9. The highest BCUT2D eigenvalue weighted by molar-refractivity contribution is 9.10. The van der Waals surface area contributed by atoms with Gasteiger partial charge in [0.2, 0.25) is 29.0 Å². The summed E-state index contributed by atoms with van der Waals surface area (Å²) in [6, 6.07) is 18.2. The number of carbonyl (C=O) groups excluding carboxylic acids is 4. The van der Waals surface area contributed by atoms with Crippen molar-refractivity contribution in [2.24, 2.45) is 11.8 Å². The Bertz CT molecular complexity index is 1480. The molecular formula is C26H15BrN2O7. The highest BCUT2D eigenvalue weighted by atomic mass is 79.9. The fourth-order valence-electron chi connectivity index (χ4n) is 5.47. The summed E-state index contributed by atoms with van der Waals surface area (Å²) in [5, 5.41) is 11.3. The molecule has 2 fully saturated rings. The Morgan fingerprint density at radius 1 is 0.861 bits per heavy atom. The molecule has 3 aromatic carbocycles. The molecule has 0 radical (unpaired) electrons. The monoisotopic (exact) mass is 546 g/mol. The highest BCUT2D eigenvalue weighted by Crippen LogP contribution is 2.57. The summed E-state index contributed by atoms with van der Waals surface area (Å²) in [6.07, 6.45) is -1.06. The lowest BCUT2D eigenvalue weighted by Gasteiger charge is -2.27. The Labute approximate surface area is 211 Å². The van der Waals surface area contributed by atoms with Crippen LogP contribution in [0.2, 0.25) is 0 Å². The largest absolute Gasteiger partial charge is 0.349 e. The van der Waals surface area contributed by atoms with Crippen LogP contribution in [0.15, 0.2) is 77.3 Å². The second-order valence-electron chi connectivity index (χ2n) is 8.82. The van der Waals surface area contributed by atoms with E-state index in [2.05, 4.69) is 15.9 Å². The van der Waals surface area contributed by atoms with Gasteiger partial charge in [-0.15, -0.1) is 0 Å². The number of non-ortho nitro benzene ring substituents is 1. The molecule has 2 aliphatic heterocycles. The van der Waals surface area contributed by atoms with Crippen LogP contribution in [0.5, 0.6) is 0 Å². The number of fused-ring (bicyclic) bond motifs is 3. The molecule has 9 nitrogen and oxygen atoms in total. The van der Waals surface area contributed by atoms with Gasteiger partial charge in [-0.25, -0.2) is 4.90 Å². The van der Waals surface area contributed by atoms with Crippen molar-refractivity contribution in [3.8, 4) is 0 Å². The molecule has 178 valence electrons.